The predicted molar refractivity (Wildman–Crippen MR) is 143 cm³/mol. The Morgan fingerprint density at radius 2 is 1.34 bits per heavy atom. The van der Waals surface area contributed by atoms with Crippen LogP contribution in [0.3, 0.4) is 0 Å². The third-order valence-corrected chi connectivity index (χ3v) is 7.50. The molecular formula is C32H36F4O2. The maximum atomic E-state index is 14.8. The minimum absolute atomic E-state index is 0.0347. The van der Waals surface area contributed by atoms with Crippen LogP contribution < -0.4 is 9.47 Å². The molecule has 1 aliphatic rings. The van der Waals surface area contributed by atoms with Gasteiger partial charge in [-0.15, -0.1) is 0 Å². The zero-order chi connectivity index (χ0) is 27.1. The Balaban J connectivity index is 1.30. The Bertz CT molecular complexity index is 1200. The molecule has 0 heterocycles. The lowest BCUT2D eigenvalue weighted by Gasteiger charge is -2.29. The number of aryl methyl sites for hydroxylation is 1. The molecule has 0 amide bonds. The summed E-state index contributed by atoms with van der Waals surface area (Å²) >= 11 is 0. The highest BCUT2D eigenvalue weighted by molar-refractivity contribution is 5.65. The van der Waals surface area contributed by atoms with E-state index in [9.17, 15) is 17.6 Å². The summed E-state index contributed by atoms with van der Waals surface area (Å²) in [6.07, 6.45) is 6.82. The molecule has 2 nitrogen and oxygen atoms in total. The summed E-state index contributed by atoms with van der Waals surface area (Å²) < 4.78 is 70.1. The van der Waals surface area contributed by atoms with E-state index in [1.165, 1.54) is 18.2 Å². The second-order valence-corrected chi connectivity index (χ2v) is 10.3. The standard InChI is InChI=1S/C32H36F4O2/c1-3-4-5-6-19-37-27-17-15-26(29(33)31(27)35)24-13-9-22(10-14-24)20-38-28-18-16-25(30(34)32(28)36)23-11-7-21(2)8-12-23/h7-8,11-12,15-18,22,24H,3-6,9-10,13-14,19-20H2,1-2H3. The van der Waals surface area contributed by atoms with Crippen molar-refractivity contribution in [1.29, 1.82) is 0 Å². The predicted octanol–water partition coefficient (Wildman–Crippen LogP) is 9.53. The van der Waals surface area contributed by atoms with Crippen molar-refractivity contribution in [3.63, 3.8) is 0 Å². The molecule has 3 aromatic rings. The molecule has 0 unspecified atom stereocenters. The maximum Gasteiger partial charge on any atom is 0.201 e. The Labute approximate surface area is 223 Å². The highest BCUT2D eigenvalue weighted by Crippen LogP contribution is 2.39. The first kappa shape index (κ1) is 28.0. The average molecular weight is 529 g/mol. The SMILES string of the molecule is CCCCCCOc1ccc(C2CCC(COc3ccc(-c4ccc(C)cc4)c(F)c3F)CC2)c(F)c1F. The molecule has 6 heteroatoms. The zero-order valence-electron chi connectivity index (χ0n) is 22.2. The van der Waals surface area contributed by atoms with Crippen LogP contribution in [-0.4, -0.2) is 13.2 Å². The van der Waals surface area contributed by atoms with E-state index in [2.05, 4.69) is 6.92 Å². The van der Waals surface area contributed by atoms with Crippen molar-refractivity contribution in [2.45, 2.75) is 71.1 Å². The van der Waals surface area contributed by atoms with Gasteiger partial charge >= 0.3 is 0 Å². The van der Waals surface area contributed by atoms with E-state index in [1.807, 2.05) is 19.1 Å². The van der Waals surface area contributed by atoms with Gasteiger partial charge in [0, 0.05) is 5.56 Å². The summed E-state index contributed by atoms with van der Waals surface area (Å²) in [4.78, 5) is 0. The molecule has 1 fully saturated rings. The molecule has 0 N–H and O–H groups in total. The number of rotatable bonds is 11. The molecule has 38 heavy (non-hydrogen) atoms. The smallest absolute Gasteiger partial charge is 0.201 e. The fraction of sp³-hybridized carbons (Fsp3) is 0.438. The lowest BCUT2D eigenvalue weighted by atomic mass is 9.79. The van der Waals surface area contributed by atoms with Gasteiger partial charge in [-0.25, -0.2) is 8.78 Å². The third kappa shape index (κ3) is 6.69. The zero-order valence-corrected chi connectivity index (χ0v) is 22.2. The van der Waals surface area contributed by atoms with Gasteiger partial charge in [0.15, 0.2) is 23.1 Å². The molecule has 0 saturated heterocycles. The highest BCUT2D eigenvalue weighted by Gasteiger charge is 2.27. The van der Waals surface area contributed by atoms with Gasteiger partial charge in [-0.3, -0.25) is 0 Å². The topological polar surface area (TPSA) is 18.5 Å². The van der Waals surface area contributed by atoms with Crippen LogP contribution in [0.1, 0.15) is 75.3 Å². The summed E-state index contributed by atoms with van der Waals surface area (Å²) in [5.74, 6) is -3.79. The first-order valence-electron chi connectivity index (χ1n) is 13.7. The Kier molecular flexibility index (Phi) is 9.70. The van der Waals surface area contributed by atoms with Gasteiger partial charge in [-0.2, -0.15) is 8.78 Å². The first-order chi connectivity index (χ1) is 18.4. The van der Waals surface area contributed by atoms with Crippen LogP contribution in [0.25, 0.3) is 11.1 Å². The fourth-order valence-corrected chi connectivity index (χ4v) is 5.13. The molecule has 0 radical (unpaired) electrons. The molecule has 0 aliphatic heterocycles. The number of ether oxygens (including phenoxy) is 2. The third-order valence-electron chi connectivity index (χ3n) is 7.50. The van der Waals surface area contributed by atoms with Gasteiger partial charge in [0.2, 0.25) is 11.6 Å². The van der Waals surface area contributed by atoms with Crippen LogP contribution in [-0.2, 0) is 0 Å². The molecule has 1 aliphatic carbocycles. The van der Waals surface area contributed by atoms with Crippen LogP contribution >= 0.6 is 0 Å². The maximum absolute atomic E-state index is 14.8. The minimum atomic E-state index is -0.998. The van der Waals surface area contributed by atoms with Crippen molar-refractivity contribution in [3.8, 4) is 22.6 Å². The molecule has 0 spiro atoms. The normalized spacial score (nSPS) is 17.4. The van der Waals surface area contributed by atoms with Crippen molar-refractivity contribution in [2.75, 3.05) is 13.2 Å². The Morgan fingerprint density at radius 3 is 2.05 bits per heavy atom. The van der Waals surface area contributed by atoms with Crippen LogP contribution in [0.5, 0.6) is 11.5 Å². The van der Waals surface area contributed by atoms with Crippen LogP contribution in [0.15, 0.2) is 48.5 Å². The first-order valence-corrected chi connectivity index (χ1v) is 13.7. The summed E-state index contributed by atoms with van der Waals surface area (Å²) in [5.41, 5.74) is 2.21. The molecular weight excluding hydrogens is 492 g/mol. The largest absolute Gasteiger partial charge is 0.490 e. The van der Waals surface area contributed by atoms with Crippen molar-refractivity contribution in [1.82, 2.24) is 0 Å². The number of halogens is 4. The number of benzene rings is 3. The van der Waals surface area contributed by atoms with Crippen molar-refractivity contribution in [3.05, 3.63) is 82.9 Å². The van der Waals surface area contributed by atoms with Gasteiger partial charge < -0.3 is 9.47 Å². The second kappa shape index (κ2) is 13.2. The molecule has 0 atom stereocenters. The number of unbranched alkanes of at least 4 members (excludes halogenated alkanes) is 3. The van der Waals surface area contributed by atoms with Gasteiger partial charge in [-0.05, 0) is 80.2 Å². The van der Waals surface area contributed by atoms with E-state index in [-0.39, 0.29) is 35.5 Å². The fourth-order valence-electron chi connectivity index (χ4n) is 5.13. The summed E-state index contributed by atoms with van der Waals surface area (Å²) in [6.45, 7) is 4.66. The molecule has 4 rings (SSSR count). The lowest BCUT2D eigenvalue weighted by Crippen LogP contribution is -2.20. The van der Waals surface area contributed by atoms with E-state index in [0.29, 0.717) is 30.6 Å². The van der Waals surface area contributed by atoms with Crippen molar-refractivity contribution >= 4 is 0 Å². The summed E-state index contributed by atoms with van der Waals surface area (Å²) in [6, 6.07) is 13.4. The van der Waals surface area contributed by atoms with E-state index < -0.39 is 23.3 Å². The lowest BCUT2D eigenvalue weighted by molar-refractivity contribution is 0.191. The quantitative estimate of drug-likeness (QED) is 0.182. The summed E-state index contributed by atoms with van der Waals surface area (Å²) in [7, 11) is 0. The monoisotopic (exact) mass is 528 g/mol. The Hall–Kier alpha value is -3.02. The van der Waals surface area contributed by atoms with Crippen molar-refractivity contribution in [2.24, 2.45) is 5.92 Å². The Morgan fingerprint density at radius 1 is 0.684 bits per heavy atom. The average Bonchev–Trinajstić information content (AvgIpc) is 2.93. The molecule has 0 aromatic heterocycles. The van der Waals surface area contributed by atoms with E-state index in [1.54, 1.807) is 18.2 Å². The van der Waals surface area contributed by atoms with Gasteiger partial charge in [0.25, 0.3) is 0 Å². The molecule has 1 saturated carbocycles. The van der Waals surface area contributed by atoms with Gasteiger partial charge in [-0.1, -0.05) is 62.1 Å². The molecule has 3 aromatic carbocycles. The van der Waals surface area contributed by atoms with Crippen molar-refractivity contribution < 1.29 is 27.0 Å². The minimum Gasteiger partial charge on any atom is -0.490 e. The van der Waals surface area contributed by atoms with E-state index >= 15 is 0 Å². The van der Waals surface area contributed by atoms with Crippen LogP contribution in [0.4, 0.5) is 17.6 Å². The van der Waals surface area contributed by atoms with Crippen LogP contribution in [0.2, 0.25) is 0 Å². The van der Waals surface area contributed by atoms with E-state index in [4.69, 9.17) is 9.47 Å². The van der Waals surface area contributed by atoms with Gasteiger partial charge in [0.1, 0.15) is 0 Å². The highest BCUT2D eigenvalue weighted by atomic mass is 19.2. The number of hydrogen-bond donors (Lipinski definition) is 0. The summed E-state index contributed by atoms with van der Waals surface area (Å²) in [5, 5.41) is 0. The van der Waals surface area contributed by atoms with E-state index in [0.717, 1.165) is 44.1 Å². The number of hydrogen-bond acceptors (Lipinski definition) is 2. The molecule has 204 valence electrons. The van der Waals surface area contributed by atoms with Gasteiger partial charge in [0.05, 0.1) is 13.2 Å². The second-order valence-electron chi connectivity index (χ2n) is 10.3. The van der Waals surface area contributed by atoms with Crippen LogP contribution in [0, 0.1) is 36.1 Å². The molecule has 0 bridgehead atoms.